The van der Waals surface area contributed by atoms with Gasteiger partial charge in [-0.2, -0.15) is 0 Å². The molecule has 2 aliphatic rings. The van der Waals surface area contributed by atoms with Crippen molar-refractivity contribution < 1.29 is 24.2 Å². The number of hydrogen-bond donors (Lipinski definition) is 4. The topological polar surface area (TPSA) is 134 Å². The van der Waals surface area contributed by atoms with E-state index >= 15 is 0 Å². The second kappa shape index (κ2) is 8.92. The Morgan fingerprint density at radius 2 is 1.93 bits per heavy atom. The maximum atomic E-state index is 12.8. The minimum atomic E-state index is -1.13. The molecule has 1 aromatic rings. The number of alkyl carbamates (subject to hydrolysis) is 1. The molecule has 28 heavy (non-hydrogen) atoms. The van der Waals surface area contributed by atoms with Crippen LogP contribution in [-0.4, -0.2) is 58.8 Å². The zero-order chi connectivity index (χ0) is 20.1. The third-order valence-electron chi connectivity index (χ3n) is 5.31. The van der Waals surface area contributed by atoms with Crippen molar-refractivity contribution in [3.8, 4) is 0 Å². The molecule has 1 aliphatic carbocycles. The van der Waals surface area contributed by atoms with Crippen molar-refractivity contribution in [3.63, 3.8) is 0 Å². The Kier molecular flexibility index (Phi) is 6.35. The summed E-state index contributed by atoms with van der Waals surface area (Å²) in [6.07, 6.45) is 0.524. The summed E-state index contributed by atoms with van der Waals surface area (Å²) in [5, 5.41) is 14.2. The molecule has 152 valence electrons. The second-order valence-electron chi connectivity index (χ2n) is 7.28. The predicted molar refractivity (Wildman–Crippen MR) is 100 cm³/mol. The molecule has 9 heteroatoms. The van der Waals surface area contributed by atoms with Crippen molar-refractivity contribution in [3.05, 3.63) is 35.9 Å². The van der Waals surface area contributed by atoms with E-state index in [1.807, 2.05) is 30.3 Å². The van der Waals surface area contributed by atoms with E-state index in [1.165, 1.54) is 0 Å². The number of carboxylic acid groups (broad SMARTS) is 1. The number of hydrogen-bond acceptors (Lipinski definition) is 5. The summed E-state index contributed by atoms with van der Waals surface area (Å²) in [7, 11) is 0. The van der Waals surface area contributed by atoms with Crippen LogP contribution in [0, 0.1) is 0 Å². The highest BCUT2D eigenvalue weighted by Crippen LogP contribution is 2.27. The van der Waals surface area contributed by atoms with E-state index in [0.717, 1.165) is 12.0 Å². The number of benzene rings is 1. The number of nitrogens with zero attached hydrogens (tertiary/aromatic N) is 1. The molecule has 5 N–H and O–H groups in total. The van der Waals surface area contributed by atoms with Gasteiger partial charge in [0.1, 0.15) is 12.6 Å². The first-order chi connectivity index (χ1) is 13.4. The lowest BCUT2D eigenvalue weighted by Crippen LogP contribution is -2.57. The molecule has 9 nitrogen and oxygen atoms in total. The smallest absolute Gasteiger partial charge is 0.408 e. The lowest BCUT2D eigenvalue weighted by molar-refractivity contribution is -0.132. The molecule has 0 bridgehead atoms. The Morgan fingerprint density at radius 1 is 1.18 bits per heavy atom. The van der Waals surface area contributed by atoms with Gasteiger partial charge in [-0.05, 0) is 31.2 Å². The number of nitrogens with two attached hydrogens (primary N) is 1. The summed E-state index contributed by atoms with van der Waals surface area (Å²) in [5.74, 6) is -0.214. The van der Waals surface area contributed by atoms with Gasteiger partial charge in [0.05, 0.1) is 12.1 Å². The molecule has 3 rings (SSSR count). The molecule has 0 aromatic heterocycles. The largest absolute Gasteiger partial charge is 0.465 e. The number of nitrogens with one attached hydrogen (secondary N) is 2. The SMILES string of the molecule is N[C@@H]1CCC(N2CCC(NC(=O)OCc3ccccc3)C2=O)C(NC(=O)O)C1. The summed E-state index contributed by atoms with van der Waals surface area (Å²) in [4.78, 5) is 37.6. The molecule has 1 heterocycles. The van der Waals surface area contributed by atoms with Crippen LogP contribution in [0.4, 0.5) is 9.59 Å². The van der Waals surface area contributed by atoms with Gasteiger partial charge >= 0.3 is 12.2 Å². The third kappa shape index (κ3) is 4.92. The molecule has 0 radical (unpaired) electrons. The second-order valence-corrected chi connectivity index (χ2v) is 7.28. The number of carbonyl (C=O) groups is 3. The molecule has 1 saturated heterocycles. The fourth-order valence-corrected chi connectivity index (χ4v) is 3.95. The van der Waals surface area contributed by atoms with Crippen LogP contribution in [0.3, 0.4) is 0 Å². The van der Waals surface area contributed by atoms with Gasteiger partial charge in [0, 0.05) is 12.6 Å². The standard InChI is InChI=1S/C19H26N4O5/c20-13-6-7-16(15(10-13)21-18(25)26)23-9-8-14(17(23)24)22-19(27)28-11-12-4-2-1-3-5-12/h1-5,13-16,21H,6-11,20H2,(H,22,27)(H,25,26)/t13-,14?,15?,16?/m1/s1. The Morgan fingerprint density at radius 3 is 2.64 bits per heavy atom. The van der Waals surface area contributed by atoms with E-state index in [0.29, 0.717) is 25.8 Å². The summed E-state index contributed by atoms with van der Waals surface area (Å²) in [5.41, 5.74) is 6.82. The van der Waals surface area contributed by atoms with E-state index in [4.69, 9.17) is 15.6 Å². The van der Waals surface area contributed by atoms with Gasteiger partial charge in [-0.3, -0.25) is 4.79 Å². The fraction of sp³-hybridized carbons (Fsp3) is 0.526. The van der Waals surface area contributed by atoms with E-state index in [1.54, 1.807) is 4.90 Å². The average Bonchev–Trinajstić information content (AvgIpc) is 3.01. The van der Waals surface area contributed by atoms with Crippen molar-refractivity contribution in [1.29, 1.82) is 0 Å². The van der Waals surface area contributed by atoms with Gasteiger partial charge in [0.25, 0.3) is 0 Å². The molecule has 2 fully saturated rings. The first kappa shape index (κ1) is 19.9. The molecule has 3 unspecified atom stereocenters. The highest BCUT2D eigenvalue weighted by Gasteiger charge is 2.42. The van der Waals surface area contributed by atoms with Crippen LogP contribution < -0.4 is 16.4 Å². The van der Waals surface area contributed by atoms with Crippen LogP contribution in [-0.2, 0) is 16.1 Å². The average molecular weight is 390 g/mol. The van der Waals surface area contributed by atoms with E-state index in [-0.39, 0.29) is 24.6 Å². The van der Waals surface area contributed by atoms with Gasteiger partial charge in [0.15, 0.2) is 0 Å². The Balaban J connectivity index is 1.54. The van der Waals surface area contributed by atoms with E-state index in [2.05, 4.69) is 10.6 Å². The zero-order valence-corrected chi connectivity index (χ0v) is 15.5. The van der Waals surface area contributed by atoms with Crippen molar-refractivity contribution in [2.24, 2.45) is 5.73 Å². The zero-order valence-electron chi connectivity index (χ0n) is 15.5. The molecule has 3 amide bonds. The number of likely N-dealkylation sites (tertiary alicyclic amines) is 1. The van der Waals surface area contributed by atoms with Crippen LogP contribution in [0.5, 0.6) is 0 Å². The van der Waals surface area contributed by atoms with Crippen molar-refractivity contribution in [2.75, 3.05) is 6.54 Å². The minimum Gasteiger partial charge on any atom is -0.465 e. The fourth-order valence-electron chi connectivity index (χ4n) is 3.95. The molecule has 0 spiro atoms. The molecule has 1 aliphatic heterocycles. The number of amides is 3. The van der Waals surface area contributed by atoms with E-state index < -0.39 is 24.3 Å². The summed E-state index contributed by atoms with van der Waals surface area (Å²) in [6.45, 7) is 0.586. The predicted octanol–water partition coefficient (Wildman–Crippen LogP) is 1.03. The Bertz CT molecular complexity index is 714. The maximum Gasteiger partial charge on any atom is 0.408 e. The molecular weight excluding hydrogens is 364 g/mol. The Hall–Kier alpha value is -2.81. The van der Waals surface area contributed by atoms with Crippen LogP contribution in [0.15, 0.2) is 30.3 Å². The van der Waals surface area contributed by atoms with Gasteiger partial charge < -0.3 is 31.1 Å². The minimum absolute atomic E-state index is 0.0901. The number of rotatable bonds is 5. The van der Waals surface area contributed by atoms with Gasteiger partial charge in [-0.1, -0.05) is 30.3 Å². The lowest BCUT2D eigenvalue weighted by Gasteiger charge is -2.40. The van der Waals surface area contributed by atoms with Crippen LogP contribution in [0.25, 0.3) is 0 Å². The van der Waals surface area contributed by atoms with Crippen LogP contribution in [0.1, 0.15) is 31.2 Å². The van der Waals surface area contributed by atoms with Crippen LogP contribution in [0.2, 0.25) is 0 Å². The van der Waals surface area contributed by atoms with Gasteiger partial charge in [-0.25, -0.2) is 9.59 Å². The monoisotopic (exact) mass is 390 g/mol. The van der Waals surface area contributed by atoms with Crippen molar-refractivity contribution in [1.82, 2.24) is 15.5 Å². The third-order valence-corrected chi connectivity index (χ3v) is 5.31. The lowest BCUT2D eigenvalue weighted by atomic mass is 9.86. The maximum absolute atomic E-state index is 12.8. The highest BCUT2D eigenvalue weighted by atomic mass is 16.5. The van der Waals surface area contributed by atoms with Gasteiger partial charge in [-0.15, -0.1) is 0 Å². The summed E-state index contributed by atoms with van der Waals surface area (Å²) >= 11 is 0. The molecule has 1 saturated carbocycles. The molecular formula is C19H26N4O5. The molecule has 1 aromatic carbocycles. The summed E-state index contributed by atoms with van der Waals surface area (Å²) < 4.78 is 5.18. The number of ether oxygens (including phenoxy) is 1. The first-order valence-corrected chi connectivity index (χ1v) is 9.46. The number of carbonyl (C=O) groups excluding carboxylic acids is 2. The van der Waals surface area contributed by atoms with E-state index in [9.17, 15) is 14.4 Å². The quantitative estimate of drug-likeness (QED) is 0.593. The molecule has 4 atom stereocenters. The van der Waals surface area contributed by atoms with Crippen LogP contribution >= 0.6 is 0 Å². The van der Waals surface area contributed by atoms with Gasteiger partial charge in [0.2, 0.25) is 5.91 Å². The first-order valence-electron chi connectivity index (χ1n) is 9.46. The highest BCUT2D eigenvalue weighted by molar-refractivity contribution is 5.87. The van der Waals surface area contributed by atoms with Crippen molar-refractivity contribution >= 4 is 18.1 Å². The normalized spacial score (nSPS) is 27.3. The van der Waals surface area contributed by atoms with Crippen molar-refractivity contribution in [2.45, 2.75) is 56.5 Å². The summed E-state index contributed by atoms with van der Waals surface area (Å²) in [6, 6.07) is 7.86. The Labute approximate surface area is 163 Å².